The predicted molar refractivity (Wildman–Crippen MR) is 101 cm³/mol. The standard InChI is InChI=1S/C16H15Br2N3O2S/c17-12-6-7-13(18)16(10-12)24(22,23)20-8-3-9-21-11-19-14-4-1-2-5-15(14)21/h1-2,4-7,10-11,20H,3,8-9H2. The highest BCUT2D eigenvalue weighted by molar-refractivity contribution is 9.11. The Hall–Kier alpha value is -1.22. The van der Waals surface area contributed by atoms with Crippen molar-refractivity contribution in [3.05, 3.63) is 57.7 Å². The van der Waals surface area contributed by atoms with E-state index in [0.717, 1.165) is 15.5 Å². The summed E-state index contributed by atoms with van der Waals surface area (Å²) in [6, 6.07) is 12.9. The molecule has 8 heteroatoms. The molecule has 0 aliphatic heterocycles. The minimum Gasteiger partial charge on any atom is -0.331 e. The Bertz CT molecular complexity index is 970. The highest BCUT2D eigenvalue weighted by atomic mass is 79.9. The molecule has 0 atom stereocenters. The largest absolute Gasteiger partial charge is 0.331 e. The van der Waals surface area contributed by atoms with Gasteiger partial charge in [-0.15, -0.1) is 0 Å². The van der Waals surface area contributed by atoms with Gasteiger partial charge in [0.05, 0.1) is 22.3 Å². The predicted octanol–water partition coefficient (Wildman–Crippen LogP) is 3.93. The Morgan fingerprint density at radius 1 is 1.12 bits per heavy atom. The van der Waals surface area contributed by atoms with Crippen LogP contribution in [0.25, 0.3) is 11.0 Å². The highest BCUT2D eigenvalue weighted by Gasteiger charge is 2.17. The maximum Gasteiger partial charge on any atom is 0.241 e. The monoisotopic (exact) mass is 471 g/mol. The smallest absolute Gasteiger partial charge is 0.241 e. The molecule has 0 aliphatic carbocycles. The molecule has 3 rings (SSSR count). The van der Waals surface area contributed by atoms with Crippen LogP contribution in [0.2, 0.25) is 0 Å². The van der Waals surface area contributed by atoms with E-state index in [1.54, 1.807) is 24.5 Å². The summed E-state index contributed by atoms with van der Waals surface area (Å²) in [6.07, 6.45) is 2.45. The van der Waals surface area contributed by atoms with Gasteiger partial charge in [0.1, 0.15) is 0 Å². The zero-order valence-electron chi connectivity index (χ0n) is 12.6. The fourth-order valence-corrected chi connectivity index (χ4v) is 4.98. The number of hydrogen-bond acceptors (Lipinski definition) is 3. The van der Waals surface area contributed by atoms with Crippen molar-refractivity contribution in [2.24, 2.45) is 0 Å². The topological polar surface area (TPSA) is 64.0 Å². The molecule has 1 N–H and O–H groups in total. The fraction of sp³-hybridized carbons (Fsp3) is 0.188. The number of aromatic nitrogens is 2. The third-order valence-corrected chi connectivity index (χ3v) is 6.53. The quantitative estimate of drug-likeness (QED) is 0.553. The van der Waals surface area contributed by atoms with Crippen LogP contribution in [-0.4, -0.2) is 24.5 Å². The Morgan fingerprint density at radius 2 is 1.92 bits per heavy atom. The molecule has 0 saturated carbocycles. The van der Waals surface area contributed by atoms with Gasteiger partial charge in [-0.3, -0.25) is 0 Å². The number of aryl methyl sites for hydroxylation is 1. The van der Waals surface area contributed by atoms with Crippen LogP contribution in [0.5, 0.6) is 0 Å². The second-order valence-electron chi connectivity index (χ2n) is 5.25. The molecule has 0 bridgehead atoms. The van der Waals surface area contributed by atoms with E-state index in [9.17, 15) is 8.42 Å². The number of benzene rings is 2. The van der Waals surface area contributed by atoms with Crippen molar-refractivity contribution < 1.29 is 8.42 Å². The maximum absolute atomic E-state index is 12.4. The van der Waals surface area contributed by atoms with E-state index in [2.05, 4.69) is 41.6 Å². The van der Waals surface area contributed by atoms with Gasteiger partial charge >= 0.3 is 0 Å². The van der Waals surface area contributed by atoms with Crippen molar-refractivity contribution in [2.45, 2.75) is 17.9 Å². The SMILES string of the molecule is O=S(=O)(NCCCn1cnc2ccccc21)c1cc(Br)ccc1Br. The number of rotatable bonds is 6. The molecule has 1 aromatic heterocycles. The second-order valence-corrected chi connectivity index (χ2v) is 8.76. The molecule has 0 radical (unpaired) electrons. The fourth-order valence-electron chi connectivity index (χ4n) is 2.41. The first-order valence-electron chi connectivity index (χ1n) is 7.32. The average molecular weight is 473 g/mol. The molecule has 0 spiro atoms. The van der Waals surface area contributed by atoms with Crippen LogP contribution in [0.4, 0.5) is 0 Å². The maximum atomic E-state index is 12.4. The zero-order chi connectivity index (χ0) is 17.2. The zero-order valence-corrected chi connectivity index (χ0v) is 16.6. The van der Waals surface area contributed by atoms with Crippen molar-refractivity contribution in [1.29, 1.82) is 0 Å². The van der Waals surface area contributed by atoms with Crippen LogP contribution in [0, 0.1) is 0 Å². The lowest BCUT2D eigenvalue weighted by atomic mass is 10.3. The molecule has 126 valence electrons. The van der Waals surface area contributed by atoms with Gasteiger partial charge in [0, 0.05) is 22.0 Å². The summed E-state index contributed by atoms with van der Waals surface area (Å²) in [5, 5.41) is 0. The molecule has 1 heterocycles. The van der Waals surface area contributed by atoms with Gasteiger partial charge in [0.2, 0.25) is 10.0 Å². The molecule has 24 heavy (non-hydrogen) atoms. The van der Waals surface area contributed by atoms with Gasteiger partial charge in [-0.1, -0.05) is 28.1 Å². The number of imidazole rings is 1. The van der Waals surface area contributed by atoms with Crippen LogP contribution < -0.4 is 4.72 Å². The van der Waals surface area contributed by atoms with E-state index in [0.29, 0.717) is 24.0 Å². The lowest BCUT2D eigenvalue weighted by Gasteiger charge is -2.09. The molecular weight excluding hydrogens is 458 g/mol. The summed E-state index contributed by atoms with van der Waals surface area (Å²) in [7, 11) is -3.55. The minimum absolute atomic E-state index is 0.227. The first kappa shape index (κ1) is 17.6. The lowest BCUT2D eigenvalue weighted by Crippen LogP contribution is -2.25. The van der Waals surface area contributed by atoms with Crippen LogP contribution in [0.3, 0.4) is 0 Å². The first-order chi connectivity index (χ1) is 11.5. The summed E-state index contributed by atoms with van der Waals surface area (Å²) in [6.45, 7) is 1.05. The number of fused-ring (bicyclic) bond motifs is 1. The summed E-state index contributed by atoms with van der Waals surface area (Å²) in [4.78, 5) is 4.55. The van der Waals surface area contributed by atoms with Crippen LogP contribution in [-0.2, 0) is 16.6 Å². The highest BCUT2D eigenvalue weighted by Crippen LogP contribution is 2.25. The Balaban J connectivity index is 1.62. The third kappa shape index (κ3) is 3.88. The van der Waals surface area contributed by atoms with Crippen LogP contribution in [0.15, 0.2) is 62.6 Å². The van der Waals surface area contributed by atoms with Crippen molar-refractivity contribution >= 4 is 52.9 Å². The van der Waals surface area contributed by atoms with E-state index < -0.39 is 10.0 Å². The van der Waals surface area contributed by atoms with E-state index in [1.807, 2.05) is 28.8 Å². The Kier molecular flexibility index (Phi) is 5.39. The first-order valence-corrected chi connectivity index (χ1v) is 10.4. The van der Waals surface area contributed by atoms with Gasteiger partial charge in [-0.25, -0.2) is 18.1 Å². The van der Waals surface area contributed by atoms with Gasteiger partial charge in [-0.2, -0.15) is 0 Å². The summed E-state index contributed by atoms with van der Waals surface area (Å²) < 4.78 is 30.7. The number of nitrogens with one attached hydrogen (secondary N) is 1. The van der Waals surface area contributed by atoms with Crippen molar-refractivity contribution in [1.82, 2.24) is 14.3 Å². The minimum atomic E-state index is -3.55. The van der Waals surface area contributed by atoms with Crippen LogP contribution >= 0.6 is 31.9 Å². The molecule has 0 aliphatic rings. The molecule has 2 aromatic carbocycles. The number of halogens is 2. The molecular formula is C16H15Br2N3O2S. The van der Waals surface area contributed by atoms with E-state index in [-0.39, 0.29) is 4.90 Å². The summed E-state index contributed by atoms with van der Waals surface area (Å²) >= 11 is 6.58. The average Bonchev–Trinajstić information content (AvgIpc) is 2.97. The molecule has 0 unspecified atom stereocenters. The Morgan fingerprint density at radius 3 is 2.75 bits per heavy atom. The van der Waals surface area contributed by atoms with Gasteiger partial charge in [0.15, 0.2) is 0 Å². The van der Waals surface area contributed by atoms with Gasteiger partial charge in [-0.05, 0) is 52.7 Å². The van der Waals surface area contributed by atoms with Crippen molar-refractivity contribution in [3.8, 4) is 0 Å². The molecule has 0 saturated heterocycles. The lowest BCUT2D eigenvalue weighted by molar-refractivity contribution is 0.571. The van der Waals surface area contributed by atoms with Gasteiger partial charge < -0.3 is 4.57 Å². The van der Waals surface area contributed by atoms with Gasteiger partial charge in [0.25, 0.3) is 0 Å². The number of para-hydroxylation sites is 2. The van der Waals surface area contributed by atoms with Crippen molar-refractivity contribution in [2.75, 3.05) is 6.54 Å². The van der Waals surface area contributed by atoms with E-state index in [4.69, 9.17) is 0 Å². The molecule has 3 aromatic rings. The molecule has 0 fully saturated rings. The van der Waals surface area contributed by atoms with Crippen molar-refractivity contribution in [3.63, 3.8) is 0 Å². The number of nitrogens with zero attached hydrogens (tertiary/aromatic N) is 2. The van der Waals surface area contributed by atoms with E-state index >= 15 is 0 Å². The third-order valence-electron chi connectivity index (χ3n) is 3.58. The summed E-state index contributed by atoms with van der Waals surface area (Å²) in [5.41, 5.74) is 1.99. The number of hydrogen-bond donors (Lipinski definition) is 1. The number of sulfonamides is 1. The molecule has 5 nitrogen and oxygen atoms in total. The second kappa shape index (κ2) is 7.35. The van der Waals surface area contributed by atoms with Crippen LogP contribution in [0.1, 0.15) is 6.42 Å². The normalized spacial score (nSPS) is 11.9. The molecule has 0 amide bonds. The van der Waals surface area contributed by atoms with E-state index in [1.165, 1.54) is 0 Å². The summed E-state index contributed by atoms with van der Waals surface area (Å²) in [5.74, 6) is 0. The Labute approximate surface area is 157 Å².